The Balaban J connectivity index is 1.47. The average molecular weight is 372 g/mol. The lowest BCUT2D eigenvalue weighted by molar-refractivity contribution is -0.155. The summed E-state index contributed by atoms with van der Waals surface area (Å²) in [5.74, 6) is -1.10. The minimum absolute atomic E-state index is 0.0253. The largest absolute Gasteiger partial charge is 0.455 e. The van der Waals surface area contributed by atoms with Gasteiger partial charge in [0.05, 0.1) is 5.92 Å². The van der Waals surface area contributed by atoms with Gasteiger partial charge in [-0.3, -0.25) is 19.2 Å². The molecule has 2 N–H and O–H groups in total. The molecule has 0 aromatic heterocycles. The Morgan fingerprint density at radius 1 is 1.07 bits per heavy atom. The molecule has 0 saturated heterocycles. The molecule has 1 unspecified atom stereocenters. The molecule has 1 aromatic carbocycles. The van der Waals surface area contributed by atoms with Crippen LogP contribution in [0, 0.1) is 17.8 Å². The summed E-state index contributed by atoms with van der Waals surface area (Å²) in [5, 5.41) is 5.15. The number of anilines is 1. The van der Waals surface area contributed by atoms with E-state index in [2.05, 4.69) is 10.6 Å². The lowest BCUT2D eigenvalue weighted by atomic mass is 9.67. The van der Waals surface area contributed by atoms with Crippen molar-refractivity contribution >= 4 is 29.3 Å². The summed E-state index contributed by atoms with van der Waals surface area (Å²) in [4.78, 5) is 47.9. The number of carbonyl (C=O) groups excluding carboxylic acids is 4. The van der Waals surface area contributed by atoms with Crippen molar-refractivity contribution in [1.29, 1.82) is 0 Å². The number of hydrogen-bond acceptors (Lipinski definition) is 5. The van der Waals surface area contributed by atoms with Crippen LogP contribution in [0.5, 0.6) is 0 Å². The minimum atomic E-state index is -0.442. The predicted molar refractivity (Wildman–Crippen MR) is 98.0 cm³/mol. The zero-order valence-corrected chi connectivity index (χ0v) is 15.3. The number of carbonyl (C=O) groups is 4. The highest BCUT2D eigenvalue weighted by atomic mass is 16.5. The molecule has 144 valence electrons. The number of ketones is 1. The topological polar surface area (TPSA) is 102 Å². The highest BCUT2D eigenvalue weighted by Gasteiger charge is 2.41. The fourth-order valence-electron chi connectivity index (χ4n) is 3.97. The standard InChI is InChI=1S/C20H24N2O5/c1-21-19(25)12-5-7-16(8-6-12)22-17(23)11-27-20(26)15-9-13-3-2-4-14(10-15)18(13)24/h5-8,13-15H,2-4,9-11H2,1H3,(H,21,25)(H,22,23)/t13-,14+,15?. The predicted octanol–water partition coefficient (Wildman–Crippen LogP) is 1.92. The molecule has 2 amide bonds. The molecule has 0 spiro atoms. The van der Waals surface area contributed by atoms with Gasteiger partial charge < -0.3 is 15.4 Å². The number of esters is 1. The highest BCUT2D eigenvalue weighted by Crippen LogP contribution is 2.40. The van der Waals surface area contributed by atoms with Gasteiger partial charge in [0.25, 0.3) is 11.8 Å². The van der Waals surface area contributed by atoms with Crippen molar-refractivity contribution in [1.82, 2.24) is 5.32 Å². The van der Waals surface area contributed by atoms with E-state index in [0.29, 0.717) is 29.9 Å². The summed E-state index contributed by atoms with van der Waals surface area (Å²) < 4.78 is 5.17. The Bertz CT molecular complexity index is 727. The Kier molecular flexibility index (Phi) is 5.88. The van der Waals surface area contributed by atoms with E-state index in [0.717, 1.165) is 19.3 Å². The van der Waals surface area contributed by atoms with E-state index in [-0.39, 0.29) is 30.3 Å². The van der Waals surface area contributed by atoms with Gasteiger partial charge in [0.15, 0.2) is 6.61 Å². The minimum Gasteiger partial charge on any atom is -0.455 e. The van der Waals surface area contributed by atoms with Crippen LogP contribution in [0.2, 0.25) is 0 Å². The quantitative estimate of drug-likeness (QED) is 0.769. The first-order valence-corrected chi connectivity index (χ1v) is 9.30. The molecule has 2 aliphatic carbocycles. The second kappa shape index (κ2) is 8.33. The van der Waals surface area contributed by atoms with E-state index < -0.39 is 11.9 Å². The van der Waals surface area contributed by atoms with E-state index in [1.807, 2.05) is 0 Å². The van der Waals surface area contributed by atoms with Crippen molar-refractivity contribution in [2.45, 2.75) is 32.1 Å². The van der Waals surface area contributed by atoms with Crippen molar-refractivity contribution in [3.63, 3.8) is 0 Å². The third-order valence-corrected chi connectivity index (χ3v) is 5.38. The van der Waals surface area contributed by atoms with Gasteiger partial charge in [-0.25, -0.2) is 0 Å². The molecular formula is C20H24N2O5. The van der Waals surface area contributed by atoms with E-state index in [9.17, 15) is 19.2 Å². The zero-order valence-electron chi connectivity index (χ0n) is 15.3. The van der Waals surface area contributed by atoms with E-state index in [4.69, 9.17) is 4.74 Å². The average Bonchev–Trinajstić information content (AvgIpc) is 2.66. The Morgan fingerprint density at radius 3 is 2.30 bits per heavy atom. The van der Waals surface area contributed by atoms with Crippen LogP contribution in [0.4, 0.5) is 5.69 Å². The van der Waals surface area contributed by atoms with Crippen LogP contribution in [0.25, 0.3) is 0 Å². The normalized spacial score (nSPS) is 24.0. The smallest absolute Gasteiger partial charge is 0.309 e. The summed E-state index contributed by atoms with van der Waals surface area (Å²) in [6, 6.07) is 6.41. The van der Waals surface area contributed by atoms with Crippen LogP contribution in [0.15, 0.2) is 24.3 Å². The summed E-state index contributed by atoms with van der Waals surface area (Å²) in [5.41, 5.74) is 1.00. The van der Waals surface area contributed by atoms with Gasteiger partial charge in [0, 0.05) is 30.1 Å². The molecule has 0 heterocycles. The molecule has 7 nitrogen and oxygen atoms in total. The maximum absolute atomic E-state index is 12.3. The summed E-state index contributed by atoms with van der Waals surface area (Å²) >= 11 is 0. The molecule has 2 fully saturated rings. The first-order valence-electron chi connectivity index (χ1n) is 9.30. The van der Waals surface area contributed by atoms with Gasteiger partial charge in [-0.15, -0.1) is 0 Å². The number of Topliss-reactive ketones (excluding diaryl/α,β-unsaturated/α-hetero) is 1. The van der Waals surface area contributed by atoms with E-state index in [1.54, 1.807) is 31.3 Å². The molecule has 2 saturated carbocycles. The Hall–Kier alpha value is -2.70. The van der Waals surface area contributed by atoms with Crippen LogP contribution in [-0.4, -0.2) is 37.2 Å². The number of rotatable bonds is 5. The van der Waals surface area contributed by atoms with Crippen LogP contribution < -0.4 is 10.6 Å². The first-order chi connectivity index (χ1) is 13.0. The van der Waals surface area contributed by atoms with E-state index >= 15 is 0 Å². The number of hydrogen-bond donors (Lipinski definition) is 2. The summed E-state index contributed by atoms with van der Waals surface area (Å²) in [6.45, 7) is -0.365. The molecule has 0 aliphatic heterocycles. The number of benzene rings is 1. The van der Waals surface area contributed by atoms with Crippen LogP contribution in [-0.2, 0) is 19.1 Å². The molecule has 27 heavy (non-hydrogen) atoms. The van der Waals surface area contributed by atoms with Gasteiger partial charge in [0.1, 0.15) is 5.78 Å². The molecule has 1 aromatic rings. The zero-order chi connectivity index (χ0) is 19.4. The molecular weight excluding hydrogens is 348 g/mol. The fourth-order valence-corrected chi connectivity index (χ4v) is 3.97. The third-order valence-electron chi connectivity index (χ3n) is 5.38. The third kappa shape index (κ3) is 4.53. The van der Waals surface area contributed by atoms with Gasteiger partial charge in [0.2, 0.25) is 0 Å². The molecule has 3 atom stereocenters. The Labute approximate surface area is 157 Å². The number of amides is 2. The summed E-state index contributed by atoms with van der Waals surface area (Å²) in [7, 11) is 1.54. The van der Waals surface area contributed by atoms with Crippen LogP contribution in [0.3, 0.4) is 0 Å². The lowest BCUT2D eigenvalue weighted by Gasteiger charge is -2.36. The SMILES string of the molecule is CNC(=O)c1ccc(NC(=O)COC(=O)C2C[C@H]3CCC[C@@H](C2)C3=O)cc1. The number of nitrogens with one attached hydrogen (secondary N) is 2. The molecule has 2 bridgehead atoms. The second-order valence-corrected chi connectivity index (χ2v) is 7.21. The lowest BCUT2D eigenvalue weighted by Crippen LogP contribution is -2.40. The summed E-state index contributed by atoms with van der Waals surface area (Å²) in [6.07, 6.45) is 3.83. The van der Waals surface area contributed by atoms with Crippen molar-refractivity contribution in [2.75, 3.05) is 19.0 Å². The highest BCUT2D eigenvalue weighted by molar-refractivity contribution is 5.96. The van der Waals surface area contributed by atoms with Crippen LogP contribution in [0.1, 0.15) is 42.5 Å². The van der Waals surface area contributed by atoms with Crippen LogP contribution >= 0.6 is 0 Å². The van der Waals surface area contributed by atoms with Gasteiger partial charge in [-0.1, -0.05) is 6.42 Å². The first kappa shape index (κ1) is 19.1. The molecule has 0 radical (unpaired) electrons. The monoisotopic (exact) mass is 372 g/mol. The van der Waals surface area contributed by atoms with Crippen molar-refractivity contribution < 1.29 is 23.9 Å². The fraction of sp³-hybridized carbons (Fsp3) is 0.500. The number of fused-ring (bicyclic) bond motifs is 2. The van der Waals surface area contributed by atoms with Gasteiger partial charge in [-0.05, 0) is 49.9 Å². The van der Waals surface area contributed by atoms with E-state index in [1.165, 1.54) is 0 Å². The van der Waals surface area contributed by atoms with Crippen molar-refractivity contribution in [3.8, 4) is 0 Å². The molecule has 3 rings (SSSR count). The second-order valence-electron chi connectivity index (χ2n) is 7.21. The molecule has 7 heteroatoms. The number of ether oxygens (including phenoxy) is 1. The van der Waals surface area contributed by atoms with Crippen molar-refractivity contribution in [3.05, 3.63) is 29.8 Å². The maximum atomic E-state index is 12.3. The van der Waals surface area contributed by atoms with Gasteiger partial charge >= 0.3 is 5.97 Å². The maximum Gasteiger partial charge on any atom is 0.309 e. The van der Waals surface area contributed by atoms with Crippen molar-refractivity contribution in [2.24, 2.45) is 17.8 Å². The Morgan fingerprint density at radius 2 is 1.70 bits per heavy atom. The molecule has 2 aliphatic rings. The van der Waals surface area contributed by atoms with Gasteiger partial charge in [-0.2, -0.15) is 0 Å².